The molecular formula is C17H17NO2. The van der Waals surface area contributed by atoms with E-state index in [4.69, 9.17) is 5.11 Å². The molecule has 0 atom stereocenters. The van der Waals surface area contributed by atoms with Gasteiger partial charge in [-0.1, -0.05) is 36.4 Å². The van der Waals surface area contributed by atoms with Crippen molar-refractivity contribution in [3.63, 3.8) is 0 Å². The molecule has 3 rings (SSSR count). The first-order chi connectivity index (χ1) is 9.74. The fraction of sp³-hybridized carbons (Fsp3) is 0.235. The fourth-order valence-electron chi connectivity index (χ4n) is 2.35. The Balaban J connectivity index is 1.68. The first-order valence-electron chi connectivity index (χ1n) is 6.89. The highest BCUT2D eigenvalue weighted by Crippen LogP contribution is 2.39. The standard InChI is InChI=1S/C17H17NO2/c19-17(20)15-3-1-2-4-16(15)18-11-12-5-7-13(8-6-12)14-9-10-14/h1-8,14,18H,9-11H2,(H,19,20). The Labute approximate surface area is 118 Å². The molecule has 0 saturated heterocycles. The van der Waals surface area contributed by atoms with Gasteiger partial charge in [0, 0.05) is 12.2 Å². The van der Waals surface area contributed by atoms with Gasteiger partial charge >= 0.3 is 5.97 Å². The van der Waals surface area contributed by atoms with Crippen LogP contribution in [0.4, 0.5) is 5.69 Å². The predicted octanol–water partition coefficient (Wildman–Crippen LogP) is 3.87. The zero-order valence-electron chi connectivity index (χ0n) is 11.2. The number of rotatable bonds is 5. The minimum atomic E-state index is -0.905. The lowest BCUT2D eigenvalue weighted by Gasteiger charge is -2.10. The molecule has 3 heteroatoms. The summed E-state index contributed by atoms with van der Waals surface area (Å²) in [6.45, 7) is 0.634. The van der Waals surface area contributed by atoms with Gasteiger partial charge in [0.1, 0.15) is 0 Å². The van der Waals surface area contributed by atoms with Crippen molar-refractivity contribution in [2.75, 3.05) is 5.32 Å². The van der Waals surface area contributed by atoms with Gasteiger partial charge in [-0.2, -0.15) is 0 Å². The van der Waals surface area contributed by atoms with Gasteiger partial charge in [0.05, 0.1) is 5.56 Å². The van der Waals surface area contributed by atoms with Gasteiger partial charge in [-0.15, -0.1) is 0 Å². The Hall–Kier alpha value is -2.29. The van der Waals surface area contributed by atoms with E-state index in [-0.39, 0.29) is 0 Å². The second-order valence-corrected chi connectivity index (χ2v) is 5.22. The van der Waals surface area contributed by atoms with E-state index in [1.165, 1.54) is 18.4 Å². The number of carboxylic acid groups (broad SMARTS) is 1. The van der Waals surface area contributed by atoms with Crippen molar-refractivity contribution in [3.05, 3.63) is 65.2 Å². The number of anilines is 1. The summed E-state index contributed by atoms with van der Waals surface area (Å²) in [6.07, 6.45) is 2.62. The Morgan fingerprint density at radius 1 is 1.10 bits per heavy atom. The van der Waals surface area contributed by atoms with Crippen LogP contribution >= 0.6 is 0 Å². The van der Waals surface area contributed by atoms with Gasteiger partial charge < -0.3 is 10.4 Å². The summed E-state index contributed by atoms with van der Waals surface area (Å²) in [5.74, 6) is -0.137. The van der Waals surface area contributed by atoms with Crippen LogP contribution in [0.25, 0.3) is 0 Å². The van der Waals surface area contributed by atoms with Crippen LogP contribution in [0.5, 0.6) is 0 Å². The number of carboxylic acids is 1. The third kappa shape index (κ3) is 2.82. The van der Waals surface area contributed by atoms with Gasteiger partial charge in [0.2, 0.25) is 0 Å². The summed E-state index contributed by atoms with van der Waals surface area (Å²) < 4.78 is 0. The summed E-state index contributed by atoms with van der Waals surface area (Å²) >= 11 is 0. The highest BCUT2D eigenvalue weighted by molar-refractivity contribution is 5.94. The van der Waals surface area contributed by atoms with Crippen molar-refractivity contribution in [1.82, 2.24) is 0 Å². The smallest absolute Gasteiger partial charge is 0.337 e. The van der Waals surface area contributed by atoms with Crippen LogP contribution in [0.1, 0.15) is 40.2 Å². The van der Waals surface area contributed by atoms with Gasteiger partial charge in [0.15, 0.2) is 0 Å². The van der Waals surface area contributed by atoms with Gasteiger partial charge in [0.25, 0.3) is 0 Å². The lowest BCUT2D eigenvalue weighted by molar-refractivity contribution is 0.0698. The monoisotopic (exact) mass is 267 g/mol. The summed E-state index contributed by atoms with van der Waals surface area (Å²) in [5, 5.41) is 12.3. The fourth-order valence-corrected chi connectivity index (χ4v) is 2.35. The zero-order valence-corrected chi connectivity index (χ0v) is 11.2. The average Bonchev–Trinajstić information content (AvgIpc) is 3.30. The maximum absolute atomic E-state index is 11.1. The third-order valence-corrected chi connectivity index (χ3v) is 3.67. The molecule has 0 radical (unpaired) electrons. The summed E-state index contributed by atoms with van der Waals surface area (Å²) in [5.41, 5.74) is 3.54. The maximum atomic E-state index is 11.1. The van der Waals surface area contributed by atoms with Crippen molar-refractivity contribution >= 4 is 11.7 Å². The largest absolute Gasteiger partial charge is 0.478 e. The highest BCUT2D eigenvalue weighted by atomic mass is 16.4. The van der Waals surface area contributed by atoms with E-state index in [0.29, 0.717) is 17.8 Å². The molecule has 20 heavy (non-hydrogen) atoms. The van der Waals surface area contributed by atoms with Crippen molar-refractivity contribution in [2.45, 2.75) is 25.3 Å². The van der Waals surface area contributed by atoms with Gasteiger partial charge in [-0.3, -0.25) is 0 Å². The van der Waals surface area contributed by atoms with E-state index >= 15 is 0 Å². The molecule has 0 heterocycles. The molecule has 2 aromatic carbocycles. The van der Waals surface area contributed by atoms with E-state index in [1.54, 1.807) is 18.2 Å². The number of para-hydroxylation sites is 1. The van der Waals surface area contributed by atoms with Crippen LogP contribution in [-0.2, 0) is 6.54 Å². The summed E-state index contributed by atoms with van der Waals surface area (Å²) in [6, 6.07) is 15.6. The number of carbonyl (C=O) groups is 1. The van der Waals surface area contributed by atoms with Crippen molar-refractivity contribution in [3.8, 4) is 0 Å². The zero-order chi connectivity index (χ0) is 13.9. The van der Waals surface area contributed by atoms with Gasteiger partial charge in [-0.05, 0) is 42.0 Å². The van der Waals surface area contributed by atoms with E-state index in [2.05, 4.69) is 29.6 Å². The van der Waals surface area contributed by atoms with Crippen LogP contribution < -0.4 is 5.32 Å². The average molecular weight is 267 g/mol. The van der Waals surface area contributed by atoms with Crippen LogP contribution in [0.15, 0.2) is 48.5 Å². The molecule has 1 aliphatic rings. The molecule has 1 fully saturated rings. The molecule has 2 N–H and O–H groups in total. The Kier molecular flexibility index (Phi) is 3.42. The Morgan fingerprint density at radius 3 is 2.45 bits per heavy atom. The van der Waals surface area contributed by atoms with Crippen LogP contribution in [-0.4, -0.2) is 11.1 Å². The second-order valence-electron chi connectivity index (χ2n) is 5.22. The highest BCUT2D eigenvalue weighted by Gasteiger charge is 2.22. The molecule has 0 aliphatic heterocycles. The van der Waals surface area contributed by atoms with Crippen molar-refractivity contribution < 1.29 is 9.90 Å². The molecule has 0 spiro atoms. The first kappa shape index (κ1) is 12.7. The topological polar surface area (TPSA) is 49.3 Å². The minimum Gasteiger partial charge on any atom is -0.478 e. The Bertz CT molecular complexity index is 615. The molecule has 102 valence electrons. The van der Waals surface area contributed by atoms with Crippen molar-refractivity contribution in [1.29, 1.82) is 0 Å². The summed E-state index contributed by atoms with van der Waals surface area (Å²) in [7, 11) is 0. The molecule has 0 bridgehead atoms. The molecule has 0 unspecified atom stereocenters. The predicted molar refractivity (Wildman–Crippen MR) is 79.1 cm³/mol. The molecule has 1 aliphatic carbocycles. The van der Waals surface area contributed by atoms with Crippen LogP contribution in [0.2, 0.25) is 0 Å². The number of hydrogen-bond acceptors (Lipinski definition) is 2. The van der Waals surface area contributed by atoms with E-state index < -0.39 is 5.97 Å². The minimum absolute atomic E-state index is 0.308. The molecule has 1 saturated carbocycles. The molecule has 0 amide bonds. The van der Waals surface area contributed by atoms with Crippen molar-refractivity contribution in [2.24, 2.45) is 0 Å². The summed E-state index contributed by atoms with van der Waals surface area (Å²) in [4.78, 5) is 11.1. The number of hydrogen-bond donors (Lipinski definition) is 2. The van der Waals surface area contributed by atoms with Gasteiger partial charge in [-0.25, -0.2) is 4.79 Å². The quantitative estimate of drug-likeness (QED) is 0.864. The lowest BCUT2D eigenvalue weighted by Crippen LogP contribution is -2.06. The SMILES string of the molecule is O=C(O)c1ccccc1NCc1ccc(C2CC2)cc1. The number of nitrogens with one attached hydrogen (secondary N) is 1. The Morgan fingerprint density at radius 2 is 1.80 bits per heavy atom. The normalized spacial score (nSPS) is 14.0. The first-order valence-corrected chi connectivity index (χ1v) is 6.89. The molecular weight excluding hydrogens is 250 g/mol. The van der Waals surface area contributed by atoms with Crippen LogP contribution in [0, 0.1) is 0 Å². The number of aromatic carboxylic acids is 1. The molecule has 3 nitrogen and oxygen atoms in total. The van der Waals surface area contributed by atoms with E-state index in [0.717, 1.165) is 11.5 Å². The third-order valence-electron chi connectivity index (χ3n) is 3.67. The second kappa shape index (κ2) is 5.37. The van der Waals surface area contributed by atoms with Crippen LogP contribution in [0.3, 0.4) is 0 Å². The maximum Gasteiger partial charge on any atom is 0.337 e. The molecule has 2 aromatic rings. The number of benzene rings is 2. The lowest BCUT2D eigenvalue weighted by atomic mass is 10.1. The van der Waals surface area contributed by atoms with E-state index in [9.17, 15) is 4.79 Å². The van der Waals surface area contributed by atoms with E-state index in [1.807, 2.05) is 6.07 Å². The molecule has 0 aromatic heterocycles.